The lowest BCUT2D eigenvalue weighted by atomic mass is 9.83. The lowest BCUT2D eigenvalue weighted by Crippen LogP contribution is -2.46. The summed E-state index contributed by atoms with van der Waals surface area (Å²) >= 11 is 6.04. The number of nitrogens with one attached hydrogen (secondary N) is 1. The summed E-state index contributed by atoms with van der Waals surface area (Å²) in [6.07, 6.45) is 8.90. The van der Waals surface area contributed by atoms with Crippen molar-refractivity contribution in [3.8, 4) is 0 Å². The highest BCUT2D eigenvalue weighted by Gasteiger charge is 2.28. The third kappa shape index (κ3) is 3.63. The minimum atomic E-state index is 0.0606. The Labute approximate surface area is 115 Å². The molecule has 1 aromatic carbocycles. The quantitative estimate of drug-likeness (QED) is 0.861. The monoisotopic (exact) mass is 266 g/mol. The van der Waals surface area contributed by atoms with Gasteiger partial charge in [-0.15, -0.1) is 0 Å². The second-order valence-corrected chi connectivity index (χ2v) is 5.82. The first-order valence-corrected chi connectivity index (χ1v) is 7.36. The van der Waals surface area contributed by atoms with E-state index in [-0.39, 0.29) is 5.54 Å². The van der Waals surface area contributed by atoms with E-state index in [4.69, 9.17) is 17.3 Å². The normalized spacial score (nSPS) is 19.9. The van der Waals surface area contributed by atoms with E-state index < -0.39 is 0 Å². The Morgan fingerprint density at radius 3 is 2.39 bits per heavy atom. The van der Waals surface area contributed by atoms with Crippen LogP contribution in [0, 0.1) is 0 Å². The van der Waals surface area contributed by atoms with Gasteiger partial charge in [-0.05, 0) is 31.0 Å². The molecule has 1 saturated carbocycles. The molecule has 100 valence electrons. The van der Waals surface area contributed by atoms with E-state index in [1.807, 2.05) is 18.2 Å². The van der Waals surface area contributed by atoms with Crippen molar-refractivity contribution in [1.29, 1.82) is 0 Å². The van der Waals surface area contributed by atoms with Crippen LogP contribution in [0.3, 0.4) is 0 Å². The minimum Gasteiger partial charge on any atom is -0.378 e. The Hall–Kier alpha value is -0.730. The molecule has 0 spiro atoms. The highest BCUT2D eigenvalue weighted by atomic mass is 35.5. The van der Waals surface area contributed by atoms with Crippen molar-refractivity contribution in [3.63, 3.8) is 0 Å². The Kier molecular flexibility index (Phi) is 4.90. The molecule has 0 aromatic heterocycles. The molecule has 3 N–H and O–H groups in total. The van der Waals surface area contributed by atoms with Crippen LogP contribution in [-0.2, 0) is 0 Å². The van der Waals surface area contributed by atoms with Gasteiger partial charge in [0.2, 0.25) is 0 Å². The smallest absolute Gasteiger partial charge is 0.0495 e. The van der Waals surface area contributed by atoms with E-state index in [2.05, 4.69) is 11.4 Å². The van der Waals surface area contributed by atoms with Gasteiger partial charge in [0.15, 0.2) is 0 Å². The number of benzene rings is 1. The van der Waals surface area contributed by atoms with Gasteiger partial charge in [0.1, 0.15) is 0 Å². The average Bonchev–Trinajstić information content (AvgIpc) is 2.33. The van der Waals surface area contributed by atoms with E-state index in [1.54, 1.807) is 0 Å². The van der Waals surface area contributed by atoms with Gasteiger partial charge >= 0.3 is 0 Å². The van der Waals surface area contributed by atoms with E-state index in [0.29, 0.717) is 6.54 Å². The van der Waals surface area contributed by atoms with E-state index in [9.17, 15) is 0 Å². The van der Waals surface area contributed by atoms with Crippen LogP contribution in [0.2, 0.25) is 5.02 Å². The molecule has 2 rings (SSSR count). The van der Waals surface area contributed by atoms with Crippen LogP contribution in [0.25, 0.3) is 0 Å². The van der Waals surface area contributed by atoms with Gasteiger partial charge in [0.25, 0.3) is 0 Å². The zero-order valence-corrected chi connectivity index (χ0v) is 11.7. The summed E-state index contributed by atoms with van der Waals surface area (Å²) in [7, 11) is 0. The van der Waals surface area contributed by atoms with Crippen LogP contribution in [0.1, 0.15) is 44.9 Å². The Morgan fingerprint density at radius 2 is 1.78 bits per heavy atom. The summed E-state index contributed by atoms with van der Waals surface area (Å²) in [4.78, 5) is 0. The second kappa shape index (κ2) is 6.44. The zero-order chi connectivity index (χ0) is 12.8. The van der Waals surface area contributed by atoms with Crippen molar-refractivity contribution >= 4 is 17.3 Å². The van der Waals surface area contributed by atoms with Crippen molar-refractivity contribution in [3.05, 3.63) is 29.3 Å². The summed E-state index contributed by atoms with van der Waals surface area (Å²) in [5, 5.41) is 4.42. The van der Waals surface area contributed by atoms with E-state index in [1.165, 1.54) is 32.1 Å². The predicted molar refractivity (Wildman–Crippen MR) is 79.2 cm³/mol. The maximum absolute atomic E-state index is 6.05. The fourth-order valence-electron chi connectivity index (χ4n) is 2.83. The standard InChI is InChI=1S/C15H23ClN2/c16-13-7-6-8-14(11-13)18-15(12-17)9-4-2-1-3-5-10-15/h6-8,11,18H,1-5,9-10,12,17H2. The van der Waals surface area contributed by atoms with Crippen molar-refractivity contribution in [2.24, 2.45) is 5.73 Å². The van der Waals surface area contributed by atoms with Crippen LogP contribution < -0.4 is 11.1 Å². The fourth-order valence-corrected chi connectivity index (χ4v) is 3.02. The largest absolute Gasteiger partial charge is 0.378 e. The molecule has 0 saturated heterocycles. The molecule has 1 aliphatic carbocycles. The molecule has 0 bridgehead atoms. The fraction of sp³-hybridized carbons (Fsp3) is 0.600. The van der Waals surface area contributed by atoms with Gasteiger partial charge in [-0.2, -0.15) is 0 Å². The van der Waals surface area contributed by atoms with Crippen molar-refractivity contribution in [2.75, 3.05) is 11.9 Å². The molecule has 0 unspecified atom stereocenters. The maximum Gasteiger partial charge on any atom is 0.0495 e. The van der Waals surface area contributed by atoms with Gasteiger partial charge in [-0.1, -0.05) is 49.8 Å². The highest BCUT2D eigenvalue weighted by molar-refractivity contribution is 6.30. The van der Waals surface area contributed by atoms with Gasteiger partial charge in [-0.3, -0.25) is 0 Å². The number of hydrogen-bond donors (Lipinski definition) is 2. The van der Waals surface area contributed by atoms with Gasteiger partial charge in [-0.25, -0.2) is 0 Å². The number of anilines is 1. The second-order valence-electron chi connectivity index (χ2n) is 5.39. The first-order valence-electron chi connectivity index (χ1n) is 6.98. The molecule has 2 nitrogen and oxygen atoms in total. The van der Waals surface area contributed by atoms with Crippen LogP contribution in [0.4, 0.5) is 5.69 Å². The molecule has 0 aliphatic heterocycles. The summed E-state index contributed by atoms with van der Waals surface area (Å²) in [6.45, 7) is 0.694. The number of hydrogen-bond acceptors (Lipinski definition) is 2. The predicted octanol–water partition coefficient (Wildman–Crippen LogP) is 4.19. The number of rotatable bonds is 3. The SMILES string of the molecule is NCC1(Nc2cccc(Cl)c2)CCCCCCC1. The summed E-state index contributed by atoms with van der Waals surface area (Å²) in [5.41, 5.74) is 7.20. The first kappa shape index (κ1) is 13.7. The third-order valence-corrected chi connectivity index (χ3v) is 4.17. The molecular weight excluding hydrogens is 244 g/mol. The Morgan fingerprint density at radius 1 is 1.11 bits per heavy atom. The molecule has 1 aromatic rings. The molecule has 1 aliphatic rings. The van der Waals surface area contributed by atoms with E-state index >= 15 is 0 Å². The lowest BCUT2D eigenvalue weighted by Gasteiger charge is -2.36. The average molecular weight is 267 g/mol. The van der Waals surface area contributed by atoms with Crippen molar-refractivity contribution < 1.29 is 0 Å². The molecule has 0 atom stereocenters. The van der Waals surface area contributed by atoms with Crippen LogP contribution in [-0.4, -0.2) is 12.1 Å². The first-order chi connectivity index (χ1) is 8.74. The van der Waals surface area contributed by atoms with Gasteiger partial charge in [0.05, 0.1) is 0 Å². The molecule has 3 heteroatoms. The zero-order valence-electron chi connectivity index (χ0n) is 10.9. The lowest BCUT2D eigenvalue weighted by molar-refractivity contribution is 0.351. The molecule has 1 fully saturated rings. The van der Waals surface area contributed by atoms with Crippen molar-refractivity contribution in [2.45, 2.75) is 50.5 Å². The van der Waals surface area contributed by atoms with Crippen molar-refractivity contribution in [1.82, 2.24) is 0 Å². The van der Waals surface area contributed by atoms with Crippen LogP contribution in [0.5, 0.6) is 0 Å². The molecule has 0 amide bonds. The Balaban J connectivity index is 2.10. The molecule has 0 radical (unpaired) electrons. The molecule has 18 heavy (non-hydrogen) atoms. The van der Waals surface area contributed by atoms with Gasteiger partial charge < -0.3 is 11.1 Å². The Bertz CT molecular complexity index is 371. The van der Waals surface area contributed by atoms with Crippen LogP contribution >= 0.6 is 11.6 Å². The van der Waals surface area contributed by atoms with Crippen LogP contribution in [0.15, 0.2) is 24.3 Å². The number of halogens is 1. The maximum atomic E-state index is 6.05. The highest BCUT2D eigenvalue weighted by Crippen LogP contribution is 2.30. The van der Waals surface area contributed by atoms with Gasteiger partial charge in [0, 0.05) is 22.8 Å². The summed E-state index contributed by atoms with van der Waals surface area (Å²) in [6, 6.07) is 7.94. The third-order valence-electron chi connectivity index (χ3n) is 3.94. The minimum absolute atomic E-state index is 0.0606. The molecular formula is C15H23ClN2. The summed E-state index contributed by atoms with van der Waals surface area (Å²) < 4.78 is 0. The number of nitrogens with two attached hydrogens (primary N) is 1. The topological polar surface area (TPSA) is 38.0 Å². The summed E-state index contributed by atoms with van der Waals surface area (Å²) in [5.74, 6) is 0. The molecule has 0 heterocycles. The van der Waals surface area contributed by atoms with E-state index in [0.717, 1.165) is 23.6 Å².